The van der Waals surface area contributed by atoms with Gasteiger partial charge in [0.2, 0.25) is 5.79 Å². The highest BCUT2D eigenvalue weighted by atomic mass is 16.7. The lowest BCUT2D eigenvalue weighted by molar-refractivity contribution is -0.360. The number of aliphatic hydroxyl groups excluding tert-OH is 8. The number of aromatic nitrogens is 3. The molecule has 524 valence electrons. The number of methoxy groups -OCH3 is 3. The van der Waals surface area contributed by atoms with Crippen molar-refractivity contribution in [1.29, 1.82) is 0 Å². The Labute approximate surface area is 544 Å². The maximum absolute atomic E-state index is 14.8. The predicted molar refractivity (Wildman–Crippen MR) is 329 cm³/mol. The van der Waals surface area contributed by atoms with Gasteiger partial charge in [0.25, 0.3) is 11.7 Å². The highest BCUT2D eigenvalue weighted by molar-refractivity contribution is 6.39. The second-order valence-electron chi connectivity index (χ2n) is 26.6. The molecule has 0 radical (unpaired) electrons. The van der Waals surface area contributed by atoms with Crippen LogP contribution in [0.15, 0.2) is 53.8 Å². The van der Waals surface area contributed by atoms with Crippen LogP contribution < -0.4 is 0 Å². The lowest BCUT2D eigenvalue weighted by Crippen LogP contribution is -2.64. The molecule has 0 spiro atoms. The summed E-state index contributed by atoms with van der Waals surface area (Å²) in [4.78, 5) is 73.3. The summed E-state index contributed by atoms with van der Waals surface area (Å²) in [6, 6.07) is -1.56. The Morgan fingerprint density at radius 2 is 1.47 bits per heavy atom. The van der Waals surface area contributed by atoms with Gasteiger partial charge in [-0.15, -0.1) is 5.10 Å². The number of nitrogens with zero attached hydrogens (tertiary/aromatic N) is 4. The molecule has 25 atom stereocenters. The number of esters is 1. The number of ketones is 3. The Bertz CT molecular complexity index is 2760. The van der Waals surface area contributed by atoms with E-state index in [1.165, 1.54) is 7.11 Å². The van der Waals surface area contributed by atoms with Crippen molar-refractivity contribution in [2.45, 2.75) is 248 Å². The van der Waals surface area contributed by atoms with Gasteiger partial charge < -0.3 is 93.5 Å². The van der Waals surface area contributed by atoms with Crippen molar-refractivity contribution in [2.75, 3.05) is 41.1 Å². The van der Waals surface area contributed by atoms with Gasteiger partial charge >= 0.3 is 5.97 Å². The molecule has 0 aromatic carbocycles. The summed E-state index contributed by atoms with van der Waals surface area (Å²) in [6.45, 7) is 10.7. The van der Waals surface area contributed by atoms with Gasteiger partial charge in [-0.25, -0.2) is 9.48 Å². The fraction of sp³-hybridized carbons (Fsp3) is 0.773. The minimum absolute atomic E-state index is 0.0206. The third-order valence-corrected chi connectivity index (χ3v) is 19.7. The van der Waals surface area contributed by atoms with E-state index in [1.807, 2.05) is 51.2 Å². The van der Waals surface area contributed by atoms with E-state index >= 15 is 0 Å². The Hall–Kier alpha value is -4.63. The van der Waals surface area contributed by atoms with Crippen molar-refractivity contribution in [2.24, 2.45) is 35.5 Å². The van der Waals surface area contributed by atoms with E-state index in [-0.39, 0.29) is 61.9 Å². The first kappa shape index (κ1) is 75.7. The molecular weight excluding hydrogens is 1220 g/mol. The molecule has 27 heteroatoms. The molecule has 93 heavy (non-hydrogen) atoms. The monoisotopic (exact) mass is 1320 g/mol. The second-order valence-corrected chi connectivity index (χ2v) is 26.6. The van der Waals surface area contributed by atoms with Gasteiger partial charge in [-0.2, -0.15) is 0 Å². The van der Waals surface area contributed by atoms with Crippen LogP contribution in [0.25, 0.3) is 0 Å². The fourth-order valence-corrected chi connectivity index (χ4v) is 13.8. The van der Waals surface area contributed by atoms with Gasteiger partial charge in [-0.3, -0.25) is 19.2 Å². The number of allylic oxidation sites excluding steroid dienone is 6. The van der Waals surface area contributed by atoms with Crippen LogP contribution in [0.2, 0.25) is 0 Å². The number of rotatable bonds is 14. The van der Waals surface area contributed by atoms with E-state index in [4.69, 9.17) is 42.6 Å². The van der Waals surface area contributed by atoms with E-state index in [0.717, 1.165) is 10.5 Å². The van der Waals surface area contributed by atoms with Crippen LogP contribution in [0.3, 0.4) is 0 Å². The third kappa shape index (κ3) is 18.5. The highest BCUT2D eigenvalue weighted by Crippen LogP contribution is 2.40. The molecule has 5 aliphatic heterocycles. The van der Waals surface area contributed by atoms with Crippen LogP contribution in [-0.2, 0) is 73.2 Å². The van der Waals surface area contributed by atoms with Crippen molar-refractivity contribution in [3.8, 4) is 0 Å². The number of cyclic esters (lactones) is 1. The molecule has 6 aliphatic rings. The molecule has 1 amide bonds. The number of piperidine rings is 1. The largest absolute Gasteiger partial charge is 0.460 e. The van der Waals surface area contributed by atoms with Gasteiger partial charge in [0.1, 0.15) is 84.7 Å². The van der Waals surface area contributed by atoms with Crippen LogP contribution >= 0.6 is 0 Å². The fourth-order valence-electron chi connectivity index (χ4n) is 13.8. The minimum atomic E-state index is -2.50. The number of ether oxygens (including phenoxy) is 9. The number of carbonyl (C=O) groups excluding carboxylic acids is 5. The average Bonchev–Trinajstić information content (AvgIpc) is 1.35. The first-order valence-electron chi connectivity index (χ1n) is 32.8. The normalized spacial score (nSPS) is 41.9. The molecule has 2 unspecified atom stereocenters. The second kappa shape index (κ2) is 34.5. The minimum Gasteiger partial charge on any atom is -0.460 e. The van der Waals surface area contributed by atoms with E-state index in [0.29, 0.717) is 69.1 Å². The molecule has 6 heterocycles. The topological polar surface area (TPSA) is 384 Å². The quantitative estimate of drug-likeness (QED) is 0.0728. The zero-order chi connectivity index (χ0) is 68.2. The molecule has 2 bridgehead atoms. The summed E-state index contributed by atoms with van der Waals surface area (Å²) in [6.07, 6.45) is -4.25. The van der Waals surface area contributed by atoms with Crippen molar-refractivity contribution < 1.29 is 113 Å². The number of fused-ring (bicyclic) bond motifs is 3. The predicted octanol–water partition coefficient (Wildman–Crippen LogP) is 1.79. The lowest BCUT2D eigenvalue weighted by Gasteiger charge is -2.45. The van der Waals surface area contributed by atoms with E-state index in [9.17, 15) is 69.9 Å². The Balaban J connectivity index is 1.07. The van der Waals surface area contributed by atoms with Gasteiger partial charge in [0.15, 0.2) is 18.4 Å². The molecule has 5 fully saturated rings. The number of hydrogen-bond donors (Lipinski definition) is 9. The van der Waals surface area contributed by atoms with Crippen molar-refractivity contribution in [1.82, 2.24) is 19.9 Å². The molecule has 9 N–H and O–H groups in total. The zero-order valence-corrected chi connectivity index (χ0v) is 55.2. The van der Waals surface area contributed by atoms with Crippen molar-refractivity contribution >= 4 is 29.2 Å². The van der Waals surface area contributed by atoms with Gasteiger partial charge in [-0.1, -0.05) is 76.3 Å². The standard InChI is InChI=1S/C66H102N4O23/c1-34-16-12-11-13-17-35(2)47(85-8)28-43-21-19-40(7)66(84,93-43)61(81)62(82)69-23-15-14-18-45(69)63(83)89-48(29-46(73)36(3)25-39(6)53(75)60(87-10)52(74)38(5)24-34)37(4)26-41-20-22-44(49(27-41)86-9)70-30-42(67-68-70)33-88-64-58(80)56(78)59(51(32-72)91-64)92-65-57(79)55(77)54(76)50(31-71)90-65/h11-13,16-17,25,30,34,36-38,40-41,43-45,47-51,53-60,64-65,71-72,75-80,84H,14-15,18-24,26-29,31-33H2,1-10H3/b13-11+,16-12+,35-17+,39-25+/t34-,36-,37-,38-,40-,41+,43+,44+,45+,47?,48+,49-,50-,51-,53-,54+,55+,56-,57-,58-,59-,60?,64-,65+,66-/m1/s1. The lowest BCUT2D eigenvalue weighted by atomic mass is 9.77. The highest BCUT2D eigenvalue weighted by Gasteiger charge is 2.54. The van der Waals surface area contributed by atoms with Crippen LogP contribution in [0, 0.1) is 35.5 Å². The van der Waals surface area contributed by atoms with E-state index in [1.54, 1.807) is 58.9 Å². The first-order chi connectivity index (χ1) is 44.2. The van der Waals surface area contributed by atoms with E-state index < -0.39 is 164 Å². The summed E-state index contributed by atoms with van der Waals surface area (Å²) in [5.41, 5.74) is 1.48. The molecule has 1 aromatic heterocycles. The zero-order valence-electron chi connectivity index (χ0n) is 55.2. The first-order valence-corrected chi connectivity index (χ1v) is 32.8. The maximum Gasteiger partial charge on any atom is 0.329 e. The number of amides is 1. The summed E-state index contributed by atoms with van der Waals surface area (Å²) in [5, 5.41) is 105. The van der Waals surface area contributed by atoms with Crippen LogP contribution in [0.4, 0.5) is 0 Å². The number of Topliss-reactive ketones (excluding diaryl/α,β-unsaturated/α-hetero) is 3. The van der Waals surface area contributed by atoms with Crippen molar-refractivity contribution in [3.63, 3.8) is 0 Å². The van der Waals surface area contributed by atoms with Gasteiger partial charge in [0, 0.05) is 58.5 Å². The molecule has 1 aliphatic carbocycles. The molecule has 7 rings (SSSR count). The summed E-state index contributed by atoms with van der Waals surface area (Å²) in [7, 11) is 4.48. The number of aliphatic hydroxyl groups is 9. The molecule has 1 saturated carbocycles. The third-order valence-electron chi connectivity index (χ3n) is 19.7. The Kier molecular flexibility index (Phi) is 28.1. The Morgan fingerprint density at radius 3 is 2.16 bits per heavy atom. The van der Waals surface area contributed by atoms with E-state index in [2.05, 4.69) is 10.3 Å². The molecule has 1 aromatic rings. The summed E-state index contributed by atoms with van der Waals surface area (Å²) in [5.74, 6) is -8.88. The van der Waals surface area contributed by atoms with Crippen LogP contribution in [0.1, 0.15) is 137 Å². The Morgan fingerprint density at radius 1 is 0.763 bits per heavy atom. The number of hydrogen-bond acceptors (Lipinski definition) is 25. The van der Waals surface area contributed by atoms with Crippen LogP contribution in [0.5, 0.6) is 0 Å². The maximum atomic E-state index is 14.8. The average molecular weight is 1320 g/mol. The molecule has 27 nitrogen and oxygen atoms in total. The molecular formula is C66H102N4O23. The summed E-state index contributed by atoms with van der Waals surface area (Å²) >= 11 is 0. The summed E-state index contributed by atoms with van der Waals surface area (Å²) < 4.78 is 54.4. The SMILES string of the molecule is COC1C[C@@H]2CC[C@@H](C)[C@@](O)(O2)C(=O)C(=O)N2CCCC[C@H]2C(=O)O[C@H]([C@H](C)C[C@@H]2CC[C@H](n3cc(CO[C@@H]4O[C@H](CO)[C@@H](O[C@@H]5O[C@H](CO)[C@H](O)[C@H](O)[C@H]5O)[C@H](O)[C@H]4O)nn3)[C@H](OC)C2)CC(=O)[C@H](C)/C=C(\C)[C@@H](O)C(OC)C(=O)[C@H](C)C[C@H](C)/C=C/C=C/C=C/1C. The van der Waals surface area contributed by atoms with Crippen molar-refractivity contribution in [3.05, 3.63) is 59.5 Å². The van der Waals surface area contributed by atoms with Crippen LogP contribution in [-0.4, -0.2) is 246 Å². The smallest absolute Gasteiger partial charge is 0.329 e. The van der Waals surface area contributed by atoms with Gasteiger partial charge in [0.05, 0.1) is 50.4 Å². The van der Waals surface area contributed by atoms with Gasteiger partial charge in [-0.05, 0) is 107 Å². The molecule has 4 saturated heterocycles. The number of carbonyl (C=O) groups is 5.